The first-order valence-electron chi connectivity index (χ1n) is 6.39. The molecule has 0 aliphatic rings. The fourth-order valence-corrected chi connectivity index (χ4v) is 2.26. The Morgan fingerprint density at radius 2 is 1.81 bits per heavy atom. The third kappa shape index (κ3) is 3.70. The van der Waals surface area contributed by atoms with Gasteiger partial charge in [-0.1, -0.05) is 34.1 Å². The number of carbonyl (C=O) groups excluding carboxylic acids is 2. The van der Waals surface area contributed by atoms with Crippen LogP contribution in [-0.4, -0.2) is 18.9 Å². The van der Waals surface area contributed by atoms with Crippen molar-refractivity contribution < 1.29 is 9.59 Å². The van der Waals surface area contributed by atoms with Gasteiger partial charge < -0.3 is 10.2 Å². The summed E-state index contributed by atoms with van der Waals surface area (Å²) in [7, 11) is 1.67. The van der Waals surface area contributed by atoms with Crippen LogP contribution in [0, 0.1) is 0 Å². The van der Waals surface area contributed by atoms with Crippen molar-refractivity contribution in [1.29, 1.82) is 0 Å². The zero-order valence-electron chi connectivity index (χ0n) is 11.8. The molecule has 0 aliphatic carbocycles. The molecule has 2 rings (SSSR count). The van der Waals surface area contributed by atoms with Crippen molar-refractivity contribution in [3.63, 3.8) is 0 Å². The lowest BCUT2D eigenvalue weighted by atomic mass is 10.2. The normalized spacial score (nSPS) is 10.0. The molecule has 5 heteroatoms. The minimum absolute atomic E-state index is 0.0980. The summed E-state index contributed by atoms with van der Waals surface area (Å²) >= 11 is 3.34. The predicted octanol–water partition coefficient (Wildman–Crippen LogP) is 3.68. The fraction of sp³-hybridized carbons (Fsp3) is 0.125. The second-order valence-electron chi connectivity index (χ2n) is 4.56. The maximum Gasteiger partial charge on any atom is 0.255 e. The largest absolute Gasteiger partial charge is 0.320 e. The van der Waals surface area contributed by atoms with Crippen molar-refractivity contribution in [1.82, 2.24) is 0 Å². The van der Waals surface area contributed by atoms with E-state index >= 15 is 0 Å². The summed E-state index contributed by atoms with van der Waals surface area (Å²) in [6, 6.07) is 14.3. The van der Waals surface area contributed by atoms with Gasteiger partial charge in [-0.2, -0.15) is 0 Å². The molecule has 1 N–H and O–H groups in total. The van der Waals surface area contributed by atoms with Gasteiger partial charge in [-0.15, -0.1) is 0 Å². The Hall–Kier alpha value is -2.14. The van der Waals surface area contributed by atoms with Crippen LogP contribution in [-0.2, 0) is 4.79 Å². The topological polar surface area (TPSA) is 49.4 Å². The summed E-state index contributed by atoms with van der Waals surface area (Å²) in [5.41, 5.74) is 1.80. The van der Waals surface area contributed by atoms with Crippen LogP contribution in [0.1, 0.15) is 17.3 Å². The summed E-state index contributed by atoms with van der Waals surface area (Å²) in [5.74, 6) is -0.320. The van der Waals surface area contributed by atoms with Crippen LogP contribution in [0.2, 0.25) is 0 Å². The van der Waals surface area contributed by atoms with Crippen LogP contribution in [0.5, 0.6) is 0 Å². The van der Waals surface area contributed by atoms with Crippen molar-refractivity contribution >= 4 is 39.1 Å². The summed E-state index contributed by atoms with van der Waals surface area (Å²) in [4.78, 5) is 25.3. The minimum Gasteiger partial charge on any atom is -0.320 e. The number of hydrogen-bond acceptors (Lipinski definition) is 2. The Morgan fingerprint density at radius 1 is 1.10 bits per heavy atom. The third-order valence-electron chi connectivity index (χ3n) is 3.07. The molecule has 0 fully saturated rings. The first-order chi connectivity index (χ1) is 9.99. The van der Waals surface area contributed by atoms with Crippen molar-refractivity contribution in [2.45, 2.75) is 6.92 Å². The summed E-state index contributed by atoms with van der Waals surface area (Å²) in [6.07, 6.45) is 0. The fourth-order valence-electron chi connectivity index (χ4n) is 1.87. The van der Waals surface area contributed by atoms with Crippen molar-refractivity contribution in [2.24, 2.45) is 0 Å². The van der Waals surface area contributed by atoms with Crippen LogP contribution >= 0.6 is 15.9 Å². The molecule has 0 spiro atoms. The summed E-state index contributed by atoms with van der Waals surface area (Å²) in [5, 5.41) is 2.84. The molecule has 0 bridgehead atoms. The molecule has 0 atom stereocenters. The second kappa shape index (κ2) is 6.54. The number of rotatable bonds is 3. The number of anilines is 2. The SMILES string of the molecule is CC(=O)N(C)c1ccccc1NC(=O)c1cccc(Br)c1. The van der Waals surface area contributed by atoms with Gasteiger partial charge >= 0.3 is 0 Å². The van der Waals surface area contributed by atoms with Gasteiger partial charge in [-0.05, 0) is 30.3 Å². The molecule has 108 valence electrons. The average Bonchev–Trinajstić information content (AvgIpc) is 2.47. The number of nitrogens with one attached hydrogen (secondary N) is 1. The van der Waals surface area contributed by atoms with E-state index in [-0.39, 0.29) is 11.8 Å². The quantitative estimate of drug-likeness (QED) is 0.921. The zero-order chi connectivity index (χ0) is 15.4. The van der Waals surface area contributed by atoms with Crippen molar-refractivity contribution in [2.75, 3.05) is 17.3 Å². The highest BCUT2D eigenvalue weighted by Gasteiger charge is 2.13. The Morgan fingerprint density at radius 3 is 2.48 bits per heavy atom. The van der Waals surface area contributed by atoms with Crippen LogP contribution in [0.15, 0.2) is 53.0 Å². The molecule has 0 saturated carbocycles. The first-order valence-corrected chi connectivity index (χ1v) is 7.18. The van der Waals surface area contributed by atoms with Gasteiger partial charge in [0.1, 0.15) is 0 Å². The molecular formula is C16H15BrN2O2. The minimum atomic E-state index is -0.222. The number of carbonyl (C=O) groups is 2. The highest BCUT2D eigenvalue weighted by Crippen LogP contribution is 2.25. The van der Waals surface area contributed by atoms with E-state index in [1.807, 2.05) is 18.2 Å². The van der Waals surface area contributed by atoms with Gasteiger partial charge in [-0.25, -0.2) is 0 Å². The summed E-state index contributed by atoms with van der Waals surface area (Å²) < 4.78 is 0.837. The van der Waals surface area contributed by atoms with E-state index in [4.69, 9.17) is 0 Å². The van der Waals surface area contributed by atoms with Crippen LogP contribution in [0.4, 0.5) is 11.4 Å². The lowest BCUT2D eigenvalue weighted by Gasteiger charge is -2.19. The number of hydrogen-bond donors (Lipinski definition) is 1. The molecular weight excluding hydrogens is 332 g/mol. The van der Waals surface area contributed by atoms with Gasteiger partial charge in [0.15, 0.2) is 0 Å². The van der Waals surface area contributed by atoms with Crippen molar-refractivity contribution in [3.05, 3.63) is 58.6 Å². The van der Waals surface area contributed by atoms with E-state index in [2.05, 4.69) is 21.2 Å². The number of benzene rings is 2. The van der Waals surface area contributed by atoms with Crippen LogP contribution in [0.25, 0.3) is 0 Å². The first kappa shape index (κ1) is 15.3. The third-order valence-corrected chi connectivity index (χ3v) is 3.57. The van der Waals surface area contributed by atoms with E-state index in [1.54, 1.807) is 37.4 Å². The highest BCUT2D eigenvalue weighted by atomic mass is 79.9. The van der Waals surface area contributed by atoms with E-state index in [0.717, 1.165) is 4.47 Å². The lowest BCUT2D eigenvalue weighted by Crippen LogP contribution is -2.24. The molecule has 21 heavy (non-hydrogen) atoms. The zero-order valence-corrected chi connectivity index (χ0v) is 13.3. The van der Waals surface area contributed by atoms with E-state index < -0.39 is 0 Å². The molecule has 2 aromatic rings. The van der Waals surface area contributed by atoms with Gasteiger partial charge in [-0.3, -0.25) is 9.59 Å². The standard InChI is InChI=1S/C16H15BrN2O2/c1-11(20)19(2)15-9-4-3-8-14(15)18-16(21)12-6-5-7-13(17)10-12/h3-10H,1-2H3,(H,18,21). The van der Waals surface area contributed by atoms with E-state index in [1.165, 1.54) is 11.8 Å². The molecule has 0 unspecified atom stereocenters. The molecule has 2 amide bonds. The van der Waals surface area contributed by atoms with Gasteiger partial charge in [0.25, 0.3) is 5.91 Å². The molecule has 0 aromatic heterocycles. The molecule has 2 aromatic carbocycles. The number of nitrogens with zero attached hydrogens (tertiary/aromatic N) is 1. The highest BCUT2D eigenvalue weighted by molar-refractivity contribution is 9.10. The lowest BCUT2D eigenvalue weighted by molar-refractivity contribution is -0.116. The summed E-state index contributed by atoms with van der Waals surface area (Å²) in [6.45, 7) is 1.48. The van der Waals surface area contributed by atoms with Gasteiger partial charge in [0.05, 0.1) is 11.4 Å². The molecule has 0 saturated heterocycles. The molecule has 0 radical (unpaired) electrons. The maximum absolute atomic E-state index is 12.3. The Bertz CT molecular complexity index is 685. The number of halogens is 1. The van der Waals surface area contributed by atoms with Gasteiger partial charge in [0, 0.05) is 24.0 Å². The Labute approximate surface area is 131 Å². The number of amides is 2. The molecule has 0 aliphatic heterocycles. The smallest absolute Gasteiger partial charge is 0.255 e. The molecule has 0 heterocycles. The van der Waals surface area contributed by atoms with Crippen LogP contribution < -0.4 is 10.2 Å². The van der Waals surface area contributed by atoms with Gasteiger partial charge in [0.2, 0.25) is 5.91 Å². The molecule has 4 nitrogen and oxygen atoms in total. The Balaban J connectivity index is 2.28. The number of para-hydroxylation sites is 2. The maximum atomic E-state index is 12.3. The Kier molecular flexibility index (Phi) is 4.75. The average molecular weight is 347 g/mol. The predicted molar refractivity (Wildman–Crippen MR) is 87.6 cm³/mol. The second-order valence-corrected chi connectivity index (χ2v) is 5.48. The van der Waals surface area contributed by atoms with E-state index in [0.29, 0.717) is 16.9 Å². The monoisotopic (exact) mass is 346 g/mol. The van der Waals surface area contributed by atoms with Crippen molar-refractivity contribution in [3.8, 4) is 0 Å². The van der Waals surface area contributed by atoms with Crippen LogP contribution in [0.3, 0.4) is 0 Å². The van der Waals surface area contributed by atoms with E-state index in [9.17, 15) is 9.59 Å².